The van der Waals surface area contributed by atoms with Gasteiger partial charge in [-0.05, 0) is 43.5 Å². The summed E-state index contributed by atoms with van der Waals surface area (Å²) in [7, 11) is 1.54. The van der Waals surface area contributed by atoms with Crippen molar-refractivity contribution in [1.82, 2.24) is 0 Å². The number of benzene rings is 2. The van der Waals surface area contributed by atoms with Crippen LogP contribution in [0.2, 0.25) is 0 Å². The van der Waals surface area contributed by atoms with Crippen LogP contribution in [-0.4, -0.2) is 32.1 Å². The molecule has 8 heteroatoms. The Bertz CT molecular complexity index is 1050. The molecule has 0 fully saturated rings. The van der Waals surface area contributed by atoms with Crippen LogP contribution in [0, 0.1) is 0 Å². The second-order valence-corrected chi connectivity index (χ2v) is 7.28. The minimum absolute atomic E-state index is 0.244. The highest BCUT2D eigenvalue weighted by molar-refractivity contribution is 7.12. The summed E-state index contributed by atoms with van der Waals surface area (Å²) in [5.74, 6) is 0.865. The zero-order chi connectivity index (χ0) is 22.2. The van der Waals surface area contributed by atoms with E-state index in [-0.39, 0.29) is 11.8 Å². The van der Waals surface area contributed by atoms with Crippen molar-refractivity contribution in [2.45, 2.75) is 13.8 Å². The maximum absolute atomic E-state index is 12.8. The molecule has 162 valence electrons. The standard InChI is InChI=1S/C23H24N2O5S/c1-4-29-19-14-18(25-23(27)21-10-7-11-31-21)20(30-5-2)13-17(19)24-22(26)15-8-6-9-16(12-15)28-3/h6-14H,4-5H2,1-3H3,(H,24,26)(H,25,27). The number of hydrogen-bond donors (Lipinski definition) is 2. The fourth-order valence-corrected chi connectivity index (χ4v) is 3.47. The van der Waals surface area contributed by atoms with E-state index in [1.807, 2.05) is 25.3 Å². The molecule has 1 heterocycles. The first-order valence-electron chi connectivity index (χ1n) is 9.79. The second-order valence-electron chi connectivity index (χ2n) is 6.33. The molecule has 2 aromatic carbocycles. The number of hydrogen-bond acceptors (Lipinski definition) is 6. The summed E-state index contributed by atoms with van der Waals surface area (Å²) in [4.78, 5) is 25.9. The number of methoxy groups -OCH3 is 1. The summed E-state index contributed by atoms with van der Waals surface area (Å²) in [6.07, 6.45) is 0. The number of carbonyl (C=O) groups is 2. The van der Waals surface area contributed by atoms with Crippen LogP contribution in [0.15, 0.2) is 53.9 Å². The quantitative estimate of drug-likeness (QED) is 0.486. The lowest BCUT2D eigenvalue weighted by Gasteiger charge is -2.18. The number of nitrogens with one attached hydrogen (secondary N) is 2. The molecule has 0 saturated carbocycles. The van der Waals surface area contributed by atoms with Gasteiger partial charge in [0.1, 0.15) is 17.2 Å². The zero-order valence-electron chi connectivity index (χ0n) is 17.6. The SMILES string of the molecule is CCOc1cc(NC(=O)c2cccs2)c(OCC)cc1NC(=O)c1cccc(OC)c1. The fraction of sp³-hybridized carbons (Fsp3) is 0.217. The van der Waals surface area contributed by atoms with Crippen molar-refractivity contribution in [2.75, 3.05) is 31.0 Å². The van der Waals surface area contributed by atoms with E-state index in [1.165, 1.54) is 11.3 Å². The van der Waals surface area contributed by atoms with Crippen LogP contribution in [0.3, 0.4) is 0 Å². The van der Waals surface area contributed by atoms with E-state index in [0.717, 1.165) is 0 Å². The van der Waals surface area contributed by atoms with Gasteiger partial charge in [0, 0.05) is 17.7 Å². The van der Waals surface area contributed by atoms with E-state index >= 15 is 0 Å². The average molecular weight is 441 g/mol. The largest absolute Gasteiger partial charge is 0.497 e. The monoisotopic (exact) mass is 440 g/mol. The van der Waals surface area contributed by atoms with Crippen LogP contribution in [0.4, 0.5) is 11.4 Å². The van der Waals surface area contributed by atoms with Gasteiger partial charge in [-0.3, -0.25) is 9.59 Å². The first-order chi connectivity index (χ1) is 15.0. The molecule has 3 aromatic rings. The van der Waals surface area contributed by atoms with Crippen molar-refractivity contribution in [3.05, 3.63) is 64.4 Å². The Morgan fingerprint density at radius 1 is 0.871 bits per heavy atom. The van der Waals surface area contributed by atoms with Gasteiger partial charge in [0.25, 0.3) is 11.8 Å². The molecule has 0 saturated heterocycles. The Kier molecular flexibility index (Phi) is 7.50. The van der Waals surface area contributed by atoms with Crippen molar-refractivity contribution in [3.63, 3.8) is 0 Å². The molecule has 0 bridgehead atoms. The van der Waals surface area contributed by atoms with Crippen LogP contribution >= 0.6 is 11.3 Å². The molecule has 0 aliphatic carbocycles. The molecule has 3 rings (SSSR count). The van der Waals surface area contributed by atoms with Gasteiger partial charge >= 0.3 is 0 Å². The molecule has 0 radical (unpaired) electrons. The van der Waals surface area contributed by atoms with E-state index in [0.29, 0.717) is 52.3 Å². The lowest BCUT2D eigenvalue weighted by atomic mass is 10.1. The number of ether oxygens (including phenoxy) is 3. The molecule has 31 heavy (non-hydrogen) atoms. The minimum atomic E-state index is -0.322. The smallest absolute Gasteiger partial charge is 0.265 e. The molecule has 0 unspecified atom stereocenters. The van der Waals surface area contributed by atoms with Crippen LogP contribution in [0.5, 0.6) is 17.2 Å². The van der Waals surface area contributed by atoms with Gasteiger partial charge in [-0.25, -0.2) is 0 Å². The van der Waals surface area contributed by atoms with E-state index in [4.69, 9.17) is 14.2 Å². The number of rotatable bonds is 9. The summed E-state index contributed by atoms with van der Waals surface area (Å²) in [5.41, 5.74) is 1.34. The van der Waals surface area contributed by atoms with Crippen molar-refractivity contribution >= 4 is 34.5 Å². The summed E-state index contributed by atoms with van der Waals surface area (Å²) >= 11 is 1.34. The fourth-order valence-electron chi connectivity index (χ4n) is 2.86. The summed E-state index contributed by atoms with van der Waals surface area (Å²) in [6.45, 7) is 4.46. The number of thiophene rings is 1. The van der Waals surface area contributed by atoms with Gasteiger partial charge in [-0.15, -0.1) is 11.3 Å². The van der Waals surface area contributed by atoms with Gasteiger partial charge < -0.3 is 24.8 Å². The van der Waals surface area contributed by atoms with Crippen molar-refractivity contribution in [2.24, 2.45) is 0 Å². The highest BCUT2D eigenvalue weighted by Crippen LogP contribution is 2.37. The summed E-state index contributed by atoms with van der Waals surface area (Å²) in [6, 6.07) is 13.7. The Morgan fingerprint density at radius 3 is 2.06 bits per heavy atom. The van der Waals surface area contributed by atoms with Crippen LogP contribution in [0.1, 0.15) is 33.9 Å². The van der Waals surface area contributed by atoms with Gasteiger partial charge in [0.2, 0.25) is 0 Å². The topological polar surface area (TPSA) is 85.9 Å². The van der Waals surface area contributed by atoms with Crippen LogP contribution in [-0.2, 0) is 0 Å². The maximum Gasteiger partial charge on any atom is 0.265 e. The van der Waals surface area contributed by atoms with Gasteiger partial charge in [-0.1, -0.05) is 12.1 Å². The highest BCUT2D eigenvalue weighted by Gasteiger charge is 2.18. The third-order valence-corrected chi connectivity index (χ3v) is 5.12. The molecule has 0 spiro atoms. The Hall–Kier alpha value is -3.52. The Labute approximate surface area is 185 Å². The van der Waals surface area contributed by atoms with Gasteiger partial charge in [0.15, 0.2) is 0 Å². The molecule has 7 nitrogen and oxygen atoms in total. The zero-order valence-corrected chi connectivity index (χ0v) is 18.4. The second kappa shape index (κ2) is 10.5. The van der Waals surface area contributed by atoms with Gasteiger partial charge in [-0.2, -0.15) is 0 Å². The normalized spacial score (nSPS) is 10.3. The first-order valence-corrected chi connectivity index (χ1v) is 10.7. The predicted octanol–water partition coefficient (Wildman–Crippen LogP) is 5.06. The van der Waals surface area contributed by atoms with Crippen molar-refractivity contribution < 1.29 is 23.8 Å². The molecule has 2 N–H and O–H groups in total. The highest BCUT2D eigenvalue weighted by atomic mass is 32.1. The third-order valence-electron chi connectivity index (χ3n) is 4.25. The number of carbonyl (C=O) groups excluding carboxylic acids is 2. The molecular weight excluding hydrogens is 416 g/mol. The Morgan fingerprint density at radius 2 is 1.52 bits per heavy atom. The number of anilines is 2. The van der Waals surface area contributed by atoms with E-state index < -0.39 is 0 Å². The van der Waals surface area contributed by atoms with Crippen LogP contribution in [0.25, 0.3) is 0 Å². The first kappa shape index (κ1) is 22.2. The van der Waals surface area contributed by atoms with Gasteiger partial charge in [0.05, 0.1) is 36.6 Å². The third kappa shape index (κ3) is 5.55. The molecular formula is C23H24N2O5S. The molecule has 0 aliphatic heterocycles. The van der Waals surface area contributed by atoms with Crippen LogP contribution < -0.4 is 24.8 Å². The maximum atomic E-state index is 12.8. The lowest BCUT2D eigenvalue weighted by Crippen LogP contribution is -2.15. The van der Waals surface area contributed by atoms with Crippen molar-refractivity contribution in [3.8, 4) is 17.2 Å². The molecule has 0 atom stereocenters. The molecule has 1 aromatic heterocycles. The van der Waals surface area contributed by atoms with E-state index in [1.54, 1.807) is 49.6 Å². The lowest BCUT2D eigenvalue weighted by molar-refractivity contribution is 0.101. The van der Waals surface area contributed by atoms with E-state index in [9.17, 15) is 9.59 Å². The molecule has 2 amide bonds. The van der Waals surface area contributed by atoms with Crippen molar-refractivity contribution in [1.29, 1.82) is 0 Å². The Balaban J connectivity index is 1.92. The predicted molar refractivity (Wildman–Crippen MR) is 122 cm³/mol. The summed E-state index contributed by atoms with van der Waals surface area (Å²) < 4.78 is 16.6. The van der Waals surface area contributed by atoms with E-state index in [2.05, 4.69) is 10.6 Å². The number of amides is 2. The minimum Gasteiger partial charge on any atom is -0.497 e. The summed E-state index contributed by atoms with van der Waals surface area (Å²) in [5, 5.41) is 7.56. The average Bonchev–Trinajstić information content (AvgIpc) is 3.32. The molecule has 0 aliphatic rings.